The van der Waals surface area contributed by atoms with Crippen LogP contribution in [0.15, 0.2) is 12.2 Å². The molecule has 3 fully saturated rings. The van der Waals surface area contributed by atoms with Gasteiger partial charge < -0.3 is 5.11 Å². The summed E-state index contributed by atoms with van der Waals surface area (Å²) in [4.78, 5) is 0. The van der Waals surface area contributed by atoms with Crippen molar-refractivity contribution in [2.75, 3.05) is 0 Å². The smallest absolute Gasteiger partial charge is 0.0671 e. The maximum absolute atomic E-state index is 10.0. The minimum Gasteiger partial charge on any atom is -0.392 e. The molecule has 6 atom stereocenters. The Morgan fingerprint density at radius 3 is 2.00 bits per heavy atom. The van der Waals surface area contributed by atoms with Crippen LogP contribution in [0, 0.1) is 35.5 Å². The van der Waals surface area contributed by atoms with Gasteiger partial charge in [0.25, 0.3) is 0 Å². The summed E-state index contributed by atoms with van der Waals surface area (Å²) < 4.78 is 0. The van der Waals surface area contributed by atoms with E-state index in [1.807, 2.05) is 0 Å². The fraction of sp³-hybridized carbons (Fsp3) is 0.833. The van der Waals surface area contributed by atoms with Crippen molar-refractivity contribution in [1.82, 2.24) is 0 Å². The monoisotopic (exact) mass is 176 g/mol. The molecule has 0 heterocycles. The molecular weight excluding hydrogens is 160 g/mol. The minimum atomic E-state index is -0.00148. The largest absolute Gasteiger partial charge is 0.392 e. The predicted octanol–water partition coefficient (Wildman–Crippen LogP) is 1.83. The summed E-state index contributed by atoms with van der Waals surface area (Å²) in [7, 11) is 0. The Kier molecular flexibility index (Phi) is 1.10. The quantitative estimate of drug-likeness (QED) is 0.441. The van der Waals surface area contributed by atoms with E-state index in [0.29, 0.717) is 11.8 Å². The highest BCUT2D eigenvalue weighted by molar-refractivity contribution is 5.23. The van der Waals surface area contributed by atoms with Crippen LogP contribution in [0.3, 0.4) is 0 Å². The first kappa shape index (κ1) is 7.05. The molecule has 6 unspecified atom stereocenters. The second-order valence-electron chi connectivity index (χ2n) is 5.52. The SMILES string of the molecule is OC1C2C=CC1C1C3CCC(C3)C21. The van der Waals surface area contributed by atoms with Crippen LogP contribution >= 0.6 is 0 Å². The molecular formula is C12H16O. The van der Waals surface area contributed by atoms with E-state index in [1.54, 1.807) is 0 Å². The van der Waals surface area contributed by atoms with Crippen LogP contribution in [0.2, 0.25) is 0 Å². The molecule has 4 aliphatic rings. The van der Waals surface area contributed by atoms with Crippen molar-refractivity contribution in [1.29, 1.82) is 0 Å². The maximum Gasteiger partial charge on any atom is 0.0671 e. The van der Waals surface area contributed by atoms with Crippen molar-refractivity contribution in [2.45, 2.75) is 25.4 Å². The fourth-order valence-electron chi connectivity index (χ4n) is 4.98. The Morgan fingerprint density at radius 2 is 1.46 bits per heavy atom. The van der Waals surface area contributed by atoms with Crippen LogP contribution in [0.5, 0.6) is 0 Å². The van der Waals surface area contributed by atoms with E-state index in [2.05, 4.69) is 12.2 Å². The normalized spacial score (nSPS) is 66.4. The number of hydrogen-bond donors (Lipinski definition) is 1. The highest BCUT2D eigenvalue weighted by atomic mass is 16.3. The average molecular weight is 176 g/mol. The molecule has 3 saturated carbocycles. The summed E-state index contributed by atoms with van der Waals surface area (Å²) in [6, 6.07) is 0. The first-order valence-electron chi connectivity index (χ1n) is 5.72. The topological polar surface area (TPSA) is 20.2 Å². The molecule has 4 aliphatic carbocycles. The standard InChI is InChI=1S/C12H16O/c13-12-8-3-4-9(12)11-7-2-1-6(5-7)10(8)11/h3-4,6-13H,1-2,5H2. The number of rotatable bonds is 0. The van der Waals surface area contributed by atoms with Crippen LogP contribution in [-0.4, -0.2) is 11.2 Å². The number of aliphatic hydroxyl groups is 1. The molecule has 1 N–H and O–H groups in total. The molecule has 13 heavy (non-hydrogen) atoms. The molecule has 0 aromatic rings. The summed E-state index contributed by atoms with van der Waals surface area (Å²) in [5.74, 6) is 4.80. The first-order chi connectivity index (χ1) is 6.36. The summed E-state index contributed by atoms with van der Waals surface area (Å²) in [5, 5.41) is 10.0. The molecule has 70 valence electrons. The van der Waals surface area contributed by atoms with Crippen molar-refractivity contribution in [3.63, 3.8) is 0 Å². The van der Waals surface area contributed by atoms with Crippen LogP contribution in [-0.2, 0) is 0 Å². The summed E-state index contributed by atoms with van der Waals surface area (Å²) >= 11 is 0. The van der Waals surface area contributed by atoms with Gasteiger partial charge in [0, 0.05) is 11.8 Å². The third-order valence-electron chi connectivity index (χ3n) is 5.28. The zero-order valence-electron chi connectivity index (χ0n) is 7.76. The Hall–Kier alpha value is -0.300. The summed E-state index contributed by atoms with van der Waals surface area (Å²) in [5.41, 5.74) is 0. The second kappa shape index (κ2) is 2.03. The second-order valence-corrected chi connectivity index (χ2v) is 5.52. The van der Waals surface area contributed by atoms with E-state index in [4.69, 9.17) is 0 Å². The van der Waals surface area contributed by atoms with Crippen molar-refractivity contribution >= 4 is 0 Å². The van der Waals surface area contributed by atoms with E-state index in [-0.39, 0.29) is 6.10 Å². The Morgan fingerprint density at radius 1 is 0.923 bits per heavy atom. The van der Waals surface area contributed by atoms with Crippen molar-refractivity contribution in [3.8, 4) is 0 Å². The van der Waals surface area contributed by atoms with Crippen LogP contribution < -0.4 is 0 Å². The van der Waals surface area contributed by atoms with Crippen molar-refractivity contribution in [3.05, 3.63) is 12.2 Å². The third kappa shape index (κ3) is 0.633. The molecule has 4 rings (SSSR count). The lowest BCUT2D eigenvalue weighted by Crippen LogP contribution is -2.25. The lowest BCUT2D eigenvalue weighted by Gasteiger charge is -2.31. The molecule has 0 radical (unpaired) electrons. The molecule has 1 nitrogen and oxygen atoms in total. The summed E-state index contributed by atoms with van der Waals surface area (Å²) in [6.07, 6.45) is 8.99. The third-order valence-corrected chi connectivity index (χ3v) is 5.28. The maximum atomic E-state index is 10.0. The van der Waals surface area contributed by atoms with E-state index in [1.165, 1.54) is 19.3 Å². The van der Waals surface area contributed by atoms with Gasteiger partial charge in [-0.05, 0) is 42.9 Å². The molecule has 4 bridgehead atoms. The lowest BCUT2D eigenvalue weighted by molar-refractivity contribution is 0.118. The molecule has 0 aliphatic heterocycles. The minimum absolute atomic E-state index is 0.00148. The van der Waals surface area contributed by atoms with E-state index >= 15 is 0 Å². The van der Waals surface area contributed by atoms with Gasteiger partial charge in [-0.2, -0.15) is 0 Å². The Labute approximate surface area is 78.8 Å². The van der Waals surface area contributed by atoms with Gasteiger partial charge in [-0.1, -0.05) is 12.2 Å². The fourth-order valence-corrected chi connectivity index (χ4v) is 4.98. The van der Waals surface area contributed by atoms with Gasteiger partial charge in [0.1, 0.15) is 0 Å². The van der Waals surface area contributed by atoms with Gasteiger partial charge in [-0.3, -0.25) is 0 Å². The van der Waals surface area contributed by atoms with Gasteiger partial charge in [0.05, 0.1) is 6.10 Å². The molecule has 0 aromatic heterocycles. The first-order valence-corrected chi connectivity index (χ1v) is 5.72. The van der Waals surface area contributed by atoms with Gasteiger partial charge in [0.15, 0.2) is 0 Å². The average Bonchev–Trinajstić information content (AvgIpc) is 2.84. The summed E-state index contributed by atoms with van der Waals surface area (Å²) in [6.45, 7) is 0. The molecule has 1 heteroatoms. The molecule has 0 saturated heterocycles. The molecule has 0 amide bonds. The molecule has 0 aromatic carbocycles. The van der Waals surface area contributed by atoms with Crippen molar-refractivity contribution < 1.29 is 5.11 Å². The Balaban J connectivity index is 1.81. The van der Waals surface area contributed by atoms with E-state index < -0.39 is 0 Å². The predicted molar refractivity (Wildman–Crippen MR) is 49.9 cm³/mol. The van der Waals surface area contributed by atoms with E-state index in [0.717, 1.165) is 23.7 Å². The number of fused-ring (bicyclic) bond motifs is 9. The molecule has 0 spiro atoms. The number of aliphatic hydroxyl groups excluding tert-OH is 1. The number of hydrogen-bond acceptors (Lipinski definition) is 1. The zero-order chi connectivity index (χ0) is 8.58. The highest BCUT2D eigenvalue weighted by Crippen LogP contribution is 2.65. The van der Waals surface area contributed by atoms with E-state index in [9.17, 15) is 5.11 Å². The highest BCUT2D eigenvalue weighted by Gasteiger charge is 2.61. The van der Waals surface area contributed by atoms with Gasteiger partial charge in [-0.25, -0.2) is 0 Å². The van der Waals surface area contributed by atoms with Crippen molar-refractivity contribution in [2.24, 2.45) is 35.5 Å². The van der Waals surface area contributed by atoms with Gasteiger partial charge in [0.2, 0.25) is 0 Å². The Bertz CT molecular complexity index is 257. The lowest BCUT2D eigenvalue weighted by atomic mass is 9.73. The van der Waals surface area contributed by atoms with Gasteiger partial charge in [-0.15, -0.1) is 0 Å². The van der Waals surface area contributed by atoms with Gasteiger partial charge >= 0.3 is 0 Å². The van der Waals surface area contributed by atoms with Crippen LogP contribution in [0.1, 0.15) is 19.3 Å². The van der Waals surface area contributed by atoms with Crippen LogP contribution in [0.25, 0.3) is 0 Å². The zero-order valence-corrected chi connectivity index (χ0v) is 7.76. The van der Waals surface area contributed by atoms with Crippen LogP contribution in [0.4, 0.5) is 0 Å².